The molecule has 1 N–H and O–H groups in total. The number of alkyl halides is 3. The number of ether oxygens (including phenoxy) is 1. The summed E-state index contributed by atoms with van der Waals surface area (Å²) in [6, 6.07) is 5.74. The molecular formula is C19H20F3N3O3S. The molecule has 0 bridgehead atoms. The lowest BCUT2D eigenvalue weighted by Crippen LogP contribution is -2.24. The predicted molar refractivity (Wildman–Crippen MR) is 104 cm³/mol. The number of amides is 1. The number of hydrogen-bond donors (Lipinski definition) is 1. The summed E-state index contributed by atoms with van der Waals surface area (Å²) >= 11 is 1.40. The van der Waals surface area contributed by atoms with E-state index >= 15 is 0 Å². The van der Waals surface area contributed by atoms with Gasteiger partial charge in [-0.15, -0.1) is 0 Å². The summed E-state index contributed by atoms with van der Waals surface area (Å²) in [5.41, 5.74) is 0.364. The molecule has 1 aliphatic heterocycles. The number of aromatic nitrogens is 2. The summed E-state index contributed by atoms with van der Waals surface area (Å²) < 4.78 is 43.0. The van der Waals surface area contributed by atoms with Crippen LogP contribution in [0.4, 0.5) is 19.0 Å². The van der Waals surface area contributed by atoms with E-state index in [4.69, 9.17) is 4.74 Å². The highest BCUT2D eigenvalue weighted by molar-refractivity contribution is 7.99. The van der Waals surface area contributed by atoms with Crippen LogP contribution in [0.3, 0.4) is 0 Å². The van der Waals surface area contributed by atoms with E-state index in [1.807, 2.05) is 0 Å². The number of nitrogens with one attached hydrogen (secondary N) is 1. The first-order chi connectivity index (χ1) is 13.8. The van der Waals surface area contributed by atoms with E-state index in [1.165, 1.54) is 40.6 Å². The molecule has 1 aromatic carbocycles. The molecule has 0 aliphatic carbocycles. The van der Waals surface area contributed by atoms with Gasteiger partial charge in [0.05, 0.1) is 17.7 Å². The lowest BCUT2D eigenvalue weighted by atomic mass is 10.2. The van der Waals surface area contributed by atoms with Gasteiger partial charge in [0.15, 0.2) is 11.8 Å². The third-order valence-corrected chi connectivity index (χ3v) is 5.24. The number of rotatable bonds is 8. The third-order valence-electron chi connectivity index (χ3n) is 4.22. The second kappa shape index (κ2) is 8.89. The van der Waals surface area contributed by atoms with Crippen molar-refractivity contribution in [2.24, 2.45) is 0 Å². The van der Waals surface area contributed by atoms with E-state index in [9.17, 15) is 22.8 Å². The van der Waals surface area contributed by atoms with Crippen LogP contribution in [0.2, 0.25) is 0 Å². The Hall–Kier alpha value is -2.49. The van der Waals surface area contributed by atoms with Crippen LogP contribution in [0, 0.1) is 0 Å². The fourth-order valence-corrected chi connectivity index (χ4v) is 3.84. The summed E-state index contributed by atoms with van der Waals surface area (Å²) in [7, 11) is 0. The maximum absolute atomic E-state index is 13.0. The maximum atomic E-state index is 13.0. The van der Waals surface area contributed by atoms with Gasteiger partial charge >= 0.3 is 6.18 Å². The van der Waals surface area contributed by atoms with Gasteiger partial charge in [0, 0.05) is 5.75 Å². The molecule has 0 radical (unpaired) electrons. The molecule has 6 nitrogen and oxygen atoms in total. The van der Waals surface area contributed by atoms with Gasteiger partial charge < -0.3 is 10.1 Å². The Morgan fingerprint density at radius 3 is 2.59 bits per heavy atom. The Balaban J connectivity index is 1.91. The highest BCUT2D eigenvalue weighted by atomic mass is 32.2. The van der Waals surface area contributed by atoms with Crippen LogP contribution in [0.15, 0.2) is 34.2 Å². The smallest absolute Gasteiger partial charge is 0.422 e. The number of nitrogens with zero attached hydrogens (tertiary/aromatic N) is 2. The second-order valence-corrected chi connectivity index (χ2v) is 7.60. The van der Waals surface area contributed by atoms with Crippen molar-refractivity contribution in [2.75, 3.05) is 17.7 Å². The fourth-order valence-electron chi connectivity index (χ4n) is 2.83. The van der Waals surface area contributed by atoms with Gasteiger partial charge in [0.1, 0.15) is 11.6 Å². The van der Waals surface area contributed by atoms with Crippen LogP contribution in [-0.4, -0.2) is 34.0 Å². The first kappa shape index (κ1) is 21.2. The SMILES string of the molecule is CCCCCSc1nc2c(c(=O)n1-c1ccc(OCC(F)(F)F)cc1)CC(=O)N2. The standard InChI is InChI=1S/C19H20F3N3O3S/c1-2-3-4-9-29-18-24-16-14(10-15(26)23-16)17(27)25(18)12-5-7-13(8-6-12)28-11-19(20,21)22/h5-8H,2-4,9-11H2,1H3,(H,23,26). The molecule has 0 spiro atoms. The van der Waals surface area contributed by atoms with Crippen LogP contribution in [0.25, 0.3) is 5.69 Å². The number of hydrogen-bond acceptors (Lipinski definition) is 5. The predicted octanol–water partition coefficient (Wildman–Crippen LogP) is 3.95. The van der Waals surface area contributed by atoms with Crippen molar-refractivity contribution in [3.8, 4) is 11.4 Å². The van der Waals surface area contributed by atoms with Gasteiger partial charge in [0.2, 0.25) is 5.91 Å². The molecule has 2 aromatic rings. The summed E-state index contributed by atoms with van der Waals surface area (Å²) in [5, 5.41) is 3.02. The van der Waals surface area contributed by atoms with Gasteiger partial charge in [-0.3, -0.25) is 14.2 Å². The number of carbonyl (C=O) groups excluding carboxylic acids is 1. The number of fused-ring (bicyclic) bond motifs is 1. The van der Waals surface area contributed by atoms with Crippen molar-refractivity contribution >= 4 is 23.5 Å². The Morgan fingerprint density at radius 2 is 1.93 bits per heavy atom. The number of carbonyl (C=O) groups is 1. The number of anilines is 1. The highest BCUT2D eigenvalue weighted by Crippen LogP contribution is 2.27. The minimum atomic E-state index is -4.43. The van der Waals surface area contributed by atoms with E-state index in [0.717, 1.165) is 25.0 Å². The minimum absolute atomic E-state index is 0.0437. The Labute approximate surface area is 169 Å². The number of thioether (sulfide) groups is 1. The van der Waals surface area contributed by atoms with Crippen molar-refractivity contribution in [2.45, 2.75) is 43.9 Å². The quantitative estimate of drug-likeness (QED) is 0.392. The van der Waals surface area contributed by atoms with Gasteiger partial charge in [0.25, 0.3) is 5.56 Å². The van der Waals surface area contributed by atoms with E-state index < -0.39 is 12.8 Å². The zero-order chi connectivity index (χ0) is 21.0. The van der Waals surface area contributed by atoms with Crippen LogP contribution < -0.4 is 15.6 Å². The molecule has 156 valence electrons. The minimum Gasteiger partial charge on any atom is -0.484 e. The Bertz CT molecular complexity index is 943. The van der Waals surface area contributed by atoms with Gasteiger partial charge in [-0.1, -0.05) is 31.5 Å². The van der Waals surface area contributed by atoms with Crippen molar-refractivity contribution in [1.29, 1.82) is 0 Å². The van der Waals surface area contributed by atoms with E-state index in [1.54, 1.807) is 0 Å². The molecule has 0 saturated heterocycles. The Kier molecular flexibility index (Phi) is 6.51. The van der Waals surface area contributed by atoms with Crippen molar-refractivity contribution < 1.29 is 22.7 Å². The largest absolute Gasteiger partial charge is 0.484 e. The normalized spacial score (nSPS) is 13.3. The maximum Gasteiger partial charge on any atom is 0.422 e. The average Bonchev–Trinajstić information content (AvgIpc) is 3.04. The van der Waals surface area contributed by atoms with Gasteiger partial charge in [-0.25, -0.2) is 4.98 Å². The average molecular weight is 427 g/mol. The molecule has 2 heterocycles. The summed E-state index contributed by atoms with van der Waals surface area (Å²) in [4.78, 5) is 29.1. The number of unbranched alkanes of at least 4 members (excludes halogenated alkanes) is 2. The molecule has 0 fully saturated rings. The summed E-state index contributed by atoms with van der Waals surface area (Å²) in [5.74, 6) is 0.779. The third kappa shape index (κ3) is 5.31. The van der Waals surface area contributed by atoms with Gasteiger partial charge in [-0.05, 0) is 30.7 Å². The van der Waals surface area contributed by atoms with E-state index in [2.05, 4.69) is 17.2 Å². The highest BCUT2D eigenvalue weighted by Gasteiger charge is 2.29. The van der Waals surface area contributed by atoms with E-state index in [-0.39, 0.29) is 35.0 Å². The lowest BCUT2D eigenvalue weighted by molar-refractivity contribution is -0.153. The van der Waals surface area contributed by atoms with Crippen LogP contribution >= 0.6 is 11.8 Å². The monoisotopic (exact) mass is 427 g/mol. The number of halogens is 3. The second-order valence-electron chi connectivity index (χ2n) is 6.54. The molecule has 0 atom stereocenters. The fraction of sp³-hybridized carbons (Fsp3) is 0.421. The molecule has 1 aliphatic rings. The van der Waals surface area contributed by atoms with Gasteiger partial charge in [-0.2, -0.15) is 13.2 Å². The molecule has 0 saturated carbocycles. The van der Waals surface area contributed by atoms with E-state index in [0.29, 0.717) is 10.8 Å². The first-order valence-electron chi connectivity index (χ1n) is 9.17. The molecule has 10 heteroatoms. The molecular weight excluding hydrogens is 407 g/mol. The summed E-state index contributed by atoms with van der Waals surface area (Å²) in [6.07, 6.45) is -1.43. The van der Waals surface area contributed by atoms with Crippen LogP contribution in [-0.2, 0) is 11.2 Å². The Morgan fingerprint density at radius 1 is 1.21 bits per heavy atom. The molecule has 1 aromatic heterocycles. The van der Waals surface area contributed by atoms with Crippen LogP contribution in [0.5, 0.6) is 5.75 Å². The van der Waals surface area contributed by atoms with Crippen LogP contribution in [0.1, 0.15) is 31.7 Å². The van der Waals surface area contributed by atoms with Crippen molar-refractivity contribution in [3.05, 3.63) is 40.2 Å². The summed E-state index contributed by atoms with van der Waals surface area (Å²) in [6.45, 7) is 0.700. The first-order valence-corrected chi connectivity index (χ1v) is 10.2. The lowest BCUT2D eigenvalue weighted by Gasteiger charge is -2.14. The molecule has 3 rings (SSSR count). The molecule has 1 amide bonds. The topological polar surface area (TPSA) is 73.2 Å². The zero-order valence-corrected chi connectivity index (χ0v) is 16.5. The molecule has 0 unspecified atom stereocenters. The van der Waals surface area contributed by atoms with Crippen molar-refractivity contribution in [3.63, 3.8) is 0 Å². The zero-order valence-electron chi connectivity index (χ0n) is 15.7. The van der Waals surface area contributed by atoms with Crippen molar-refractivity contribution in [1.82, 2.24) is 9.55 Å². The number of benzene rings is 1. The molecule has 29 heavy (non-hydrogen) atoms.